The molecule has 2 aromatic carbocycles. The van der Waals surface area contributed by atoms with Crippen molar-refractivity contribution in [3.63, 3.8) is 0 Å². The Hall–Kier alpha value is -3.62. The normalized spacial score (nSPS) is 17.8. The fraction of sp³-hybridized carbons (Fsp3) is 0.391. The van der Waals surface area contributed by atoms with E-state index in [0.29, 0.717) is 17.0 Å². The van der Waals surface area contributed by atoms with Crippen molar-refractivity contribution in [1.82, 2.24) is 4.90 Å². The van der Waals surface area contributed by atoms with Gasteiger partial charge in [0.05, 0.1) is 23.7 Å². The Balaban J connectivity index is 1.49. The summed E-state index contributed by atoms with van der Waals surface area (Å²) in [6.07, 6.45) is 2.42. The highest BCUT2D eigenvalue weighted by molar-refractivity contribution is 5.95. The molecule has 0 aromatic heterocycles. The van der Waals surface area contributed by atoms with E-state index < -0.39 is 11.0 Å². The molecule has 2 aliphatic heterocycles. The van der Waals surface area contributed by atoms with Crippen LogP contribution in [0.2, 0.25) is 0 Å². The zero-order chi connectivity index (χ0) is 22.7. The number of aryl methyl sites for hydroxylation is 1. The molecule has 32 heavy (non-hydrogen) atoms. The van der Waals surface area contributed by atoms with Crippen LogP contribution in [0, 0.1) is 17.0 Å². The van der Waals surface area contributed by atoms with Gasteiger partial charge in [-0.2, -0.15) is 0 Å². The molecule has 168 valence electrons. The van der Waals surface area contributed by atoms with Crippen molar-refractivity contribution in [1.29, 1.82) is 0 Å². The lowest BCUT2D eigenvalue weighted by atomic mass is 10.1. The van der Waals surface area contributed by atoms with Crippen molar-refractivity contribution in [2.75, 3.05) is 36.4 Å². The van der Waals surface area contributed by atoms with E-state index in [1.54, 1.807) is 25.1 Å². The number of ether oxygens (including phenoxy) is 1. The van der Waals surface area contributed by atoms with Crippen molar-refractivity contribution in [3.05, 3.63) is 58.1 Å². The molecular formula is C23H26N4O5. The van der Waals surface area contributed by atoms with Crippen LogP contribution in [0.4, 0.5) is 17.1 Å². The maximum Gasteiger partial charge on any atom is 0.274 e. The van der Waals surface area contributed by atoms with Gasteiger partial charge in [0.1, 0.15) is 5.75 Å². The lowest BCUT2D eigenvalue weighted by molar-refractivity contribution is -0.385. The first kappa shape index (κ1) is 21.6. The van der Waals surface area contributed by atoms with E-state index >= 15 is 0 Å². The standard InChI is InChI=1S/C23H26N4O5/c1-16-9-10-17(13-19(16)27(30)31)24-22(28)15-26-14-21(23(29)25-11-5-2-6-12-25)32-20-8-4-3-7-18(20)26/h3-4,7-10,13,21H,2,5-6,11-12,14-15H2,1H3,(H,24,28)/t21-/m1/s1. The molecule has 1 saturated heterocycles. The minimum atomic E-state index is -0.684. The largest absolute Gasteiger partial charge is 0.477 e. The number of carbonyl (C=O) groups is 2. The van der Waals surface area contributed by atoms with Gasteiger partial charge in [-0.25, -0.2) is 0 Å². The van der Waals surface area contributed by atoms with Crippen LogP contribution in [-0.2, 0) is 9.59 Å². The van der Waals surface area contributed by atoms with Crippen molar-refractivity contribution in [2.24, 2.45) is 0 Å². The SMILES string of the molecule is Cc1ccc(NC(=O)CN2C[C@H](C(=O)N3CCCCC3)Oc3ccccc32)cc1[N+](=O)[O-]. The maximum atomic E-state index is 13.0. The smallest absolute Gasteiger partial charge is 0.274 e. The van der Waals surface area contributed by atoms with Crippen LogP contribution in [0.15, 0.2) is 42.5 Å². The first-order valence-electron chi connectivity index (χ1n) is 10.8. The van der Waals surface area contributed by atoms with Crippen LogP contribution >= 0.6 is 0 Å². The van der Waals surface area contributed by atoms with Gasteiger partial charge in [0.25, 0.3) is 11.6 Å². The summed E-state index contributed by atoms with van der Waals surface area (Å²) in [5.41, 5.74) is 1.57. The molecule has 9 heteroatoms. The number of anilines is 2. The predicted octanol–water partition coefficient (Wildman–Crippen LogP) is 3.12. The molecule has 1 N–H and O–H groups in total. The third-order valence-electron chi connectivity index (χ3n) is 5.83. The molecule has 9 nitrogen and oxygen atoms in total. The Morgan fingerprint density at radius 3 is 2.66 bits per heavy atom. The number of benzene rings is 2. The third-order valence-corrected chi connectivity index (χ3v) is 5.83. The van der Waals surface area contributed by atoms with Crippen LogP contribution in [0.3, 0.4) is 0 Å². The Morgan fingerprint density at radius 2 is 1.91 bits per heavy atom. The summed E-state index contributed by atoms with van der Waals surface area (Å²) in [4.78, 5) is 40.2. The number of nitro groups is 1. The number of rotatable bonds is 5. The molecule has 2 amide bonds. The Kier molecular flexibility index (Phi) is 6.25. The van der Waals surface area contributed by atoms with Gasteiger partial charge >= 0.3 is 0 Å². The summed E-state index contributed by atoms with van der Waals surface area (Å²) < 4.78 is 5.99. The lowest BCUT2D eigenvalue weighted by Gasteiger charge is -2.38. The number of fused-ring (bicyclic) bond motifs is 1. The van der Waals surface area contributed by atoms with E-state index in [0.717, 1.165) is 38.0 Å². The fourth-order valence-electron chi connectivity index (χ4n) is 4.16. The third kappa shape index (κ3) is 4.66. The number of amides is 2. The fourth-order valence-corrected chi connectivity index (χ4v) is 4.16. The highest BCUT2D eigenvalue weighted by atomic mass is 16.6. The lowest BCUT2D eigenvalue weighted by Crippen LogP contribution is -2.52. The topological polar surface area (TPSA) is 105 Å². The maximum absolute atomic E-state index is 13.0. The Bertz CT molecular complexity index is 1030. The van der Waals surface area contributed by atoms with Gasteiger partial charge in [0.15, 0.2) is 6.10 Å². The van der Waals surface area contributed by atoms with Gasteiger partial charge in [0, 0.05) is 30.4 Å². The van der Waals surface area contributed by atoms with Gasteiger partial charge in [-0.05, 0) is 44.4 Å². The van der Waals surface area contributed by atoms with Crippen LogP contribution in [0.5, 0.6) is 5.75 Å². The number of nitro benzene ring substituents is 1. The molecule has 2 aromatic rings. The van der Waals surface area contributed by atoms with Crippen LogP contribution in [0.25, 0.3) is 0 Å². The molecule has 2 heterocycles. The van der Waals surface area contributed by atoms with Crippen LogP contribution < -0.4 is 15.0 Å². The van der Waals surface area contributed by atoms with Gasteiger partial charge < -0.3 is 19.9 Å². The number of hydrogen-bond acceptors (Lipinski definition) is 6. The quantitative estimate of drug-likeness (QED) is 0.568. The van der Waals surface area contributed by atoms with Crippen molar-refractivity contribution >= 4 is 28.9 Å². The van der Waals surface area contributed by atoms with Gasteiger partial charge in [-0.1, -0.05) is 18.2 Å². The predicted molar refractivity (Wildman–Crippen MR) is 120 cm³/mol. The highest BCUT2D eigenvalue weighted by Crippen LogP contribution is 2.33. The summed E-state index contributed by atoms with van der Waals surface area (Å²) in [5.74, 6) is 0.177. The molecule has 4 rings (SSSR count). The van der Waals surface area contributed by atoms with Crippen molar-refractivity contribution in [3.8, 4) is 5.75 Å². The first-order valence-corrected chi connectivity index (χ1v) is 10.8. The minimum absolute atomic E-state index is 0.00811. The summed E-state index contributed by atoms with van der Waals surface area (Å²) >= 11 is 0. The summed E-state index contributed by atoms with van der Waals surface area (Å²) in [6.45, 7) is 3.35. The molecule has 2 aliphatic rings. The molecule has 0 bridgehead atoms. The van der Waals surface area contributed by atoms with E-state index in [-0.39, 0.29) is 30.6 Å². The molecule has 0 saturated carbocycles. The zero-order valence-corrected chi connectivity index (χ0v) is 18.0. The van der Waals surface area contributed by atoms with E-state index in [4.69, 9.17) is 4.74 Å². The zero-order valence-electron chi connectivity index (χ0n) is 18.0. The summed E-state index contributed by atoms with van der Waals surface area (Å²) in [6, 6.07) is 11.9. The molecular weight excluding hydrogens is 412 g/mol. The Labute approximate surface area is 186 Å². The second-order valence-electron chi connectivity index (χ2n) is 8.15. The Morgan fingerprint density at radius 1 is 1.16 bits per heavy atom. The van der Waals surface area contributed by atoms with E-state index in [1.807, 2.05) is 28.0 Å². The van der Waals surface area contributed by atoms with E-state index in [1.165, 1.54) is 6.07 Å². The molecule has 1 fully saturated rings. The van der Waals surface area contributed by atoms with E-state index in [9.17, 15) is 19.7 Å². The second-order valence-corrected chi connectivity index (χ2v) is 8.15. The molecule has 1 atom stereocenters. The number of carbonyl (C=O) groups excluding carboxylic acids is 2. The number of piperidine rings is 1. The molecule has 0 spiro atoms. The highest BCUT2D eigenvalue weighted by Gasteiger charge is 2.34. The average Bonchev–Trinajstić information content (AvgIpc) is 2.80. The number of nitrogens with zero attached hydrogens (tertiary/aromatic N) is 3. The summed E-state index contributed by atoms with van der Waals surface area (Å²) in [5, 5.41) is 13.9. The summed E-state index contributed by atoms with van der Waals surface area (Å²) in [7, 11) is 0. The van der Waals surface area contributed by atoms with Gasteiger partial charge in [0.2, 0.25) is 5.91 Å². The number of nitrogens with one attached hydrogen (secondary N) is 1. The number of para-hydroxylation sites is 2. The number of likely N-dealkylation sites (tertiary alicyclic amines) is 1. The van der Waals surface area contributed by atoms with Crippen LogP contribution in [0.1, 0.15) is 24.8 Å². The molecule has 0 radical (unpaired) electrons. The monoisotopic (exact) mass is 438 g/mol. The van der Waals surface area contributed by atoms with Gasteiger partial charge in [-0.15, -0.1) is 0 Å². The second kappa shape index (κ2) is 9.25. The molecule has 0 aliphatic carbocycles. The molecule has 0 unspecified atom stereocenters. The van der Waals surface area contributed by atoms with E-state index in [2.05, 4.69) is 5.32 Å². The number of hydrogen-bond donors (Lipinski definition) is 1. The van der Waals surface area contributed by atoms with Crippen LogP contribution in [-0.4, -0.2) is 53.9 Å². The van der Waals surface area contributed by atoms with Crippen molar-refractivity contribution < 1.29 is 19.2 Å². The van der Waals surface area contributed by atoms with Crippen molar-refractivity contribution in [2.45, 2.75) is 32.3 Å². The minimum Gasteiger partial charge on any atom is -0.477 e. The average molecular weight is 438 g/mol. The first-order chi connectivity index (χ1) is 15.4. The van der Waals surface area contributed by atoms with Gasteiger partial charge in [-0.3, -0.25) is 19.7 Å².